The van der Waals surface area contributed by atoms with E-state index in [1.54, 1.807) is 0 Å². The first-order valence-corrected chi connectivity index (χ1v) is 11.3. The number of aliphatic carboxylic acids is 1. The number of amides is 2. The second-order valence-electron chi connectivity index (χ2n) is 8.29. The van der Waals surface area contributed by atoms with Crippen molar-refractivity contribution in [2.75, 3.05) is 5.32 Å². The lowest BCUT2D eigenvalue weighted by Gasteiger charge is -2.27. The molecule has 0 saturated heterocycles. The van der Waals surface area contributed by atoms with Gasteiger partial charge in [-0.15, -0.1) is 11.3 Å². The van der Waals surface area contributed by atoms with Gasteiger partial charge in [-0.05, 0) is 38.2 Å². The molecule has 1 aromatic carbocycles. The number of carboxylic acid groups (broad SMARTS) is 1. The summed E-state index contributed by atoms with van der Waals surface area (Å²) in [6.07, 6.45) is 4.69. The van der Waals surface area contributed by atoms with Gasteiger partial charge < -0.3 is 15.7 Å². The van der Waals surface area contributed by atoms with Gasteiger partial charge in [0.05, 0.1) is 17.4 Å². The first-order valence-electron chi connectivity index (χ1n) is 10.5. The molecule has 6 nitrogen and oxygen atoms in total. The number of carbonyl (C=O) groups is 3. The lowest BCUT2D eigenvalue weighted by molar-refractivity contribution is -0.147. The van der Waals surface area contributed by atoms with E-state index in [-0.39, 0.29) is 17.9 Å². The van der Waals surface area contributed by atoms with E-state index in [9.17, 15) is 19.5 Å². The summed E-state index contributed by atoms with van der Waals surface area (Å²) in [6.45, 7) is 2.01. The molecule has 0 radical (unpaired) electrons. The van der Waals surface area contributed by atoms with Crippen molar-refractivity contribution >= 4 is 34.1 Å². The average Bonchev–Trinajstić information content (AvgIpc) is 3.45. The summed E-state index contributed by atoms with van der Waals surface area (Å²) >= 11 is 1.31. The number of aryl methyl sites for hydroxylation is 1. The third kappa shape index (κ3) is 4.41. The molecular weight excluding hydrogens is 400 g/mol. The number of carboxylic acids is 1. The Bertz CT molecular complexity index is 962. The zero-order valence-corrected chi connectivity index (χ0v) is 17.8. The van der Waals surface area contributed by atoms with E-state index >= 15 is 0 Å². The number of thiophene rings is 1. The van der Waals surface area contributed by atoms with Crippen LogP contribution in [0.3, 0.4) is 0 Å². The topological polar surface area (TPSA) is 95.5 Å². The fraction of sp³-hybridized carbons (Fsp3) is 0.435. The minimum absolute atomic E-state index is 0.192. The van der Waals surface area contributed by atoms with E-state index in [0.29, 0.717) is 23.4 Å². The second-order valence-corrected chi connectivity index (χ2v) is 9.17. The molecule has 2 fully saturated rings. The largest absolute Gasteiger partial charge is 0.481 e. The van der Waals surface area contributed by atoms with E-state index in [0.717, 1.165) is 42.4 Å². The standard InChI is InChI=1S/C23H26N2O4S/c1-13-6-8-14(9-7-13)18-12-30-22(19(18)21(27)24-15-10-11-15)25-20(26)16-4-2-3-5-17(16)23(28)29/h6-9,12,15-17H,2-5,10-11H2,1H3,(H,24,27)(H,25,26)(H,28,29)/t16-,17+/m0/s1. The molecule has 1 aromatic heterocycles. The van der Waals surface area contributed by atoms with Gasteiger partial charge in [0.1, 0.15) is 5.00 Å². The quantitative estimate of drug-likeness (QED) is 0.636. The zero-order valence-electron chi connectivity index (χ0n) is 16.9. The maximum Gasteiger partial charge on any atom is 0.307 e. The highest BCUT2D eigenvalue weighted by Crippen LogP contribution is 2.38. The van der Waals surface area contributed by atoms with Gasteiger partial charge >= 0.3 is 5.97 Å². The van der Waals surface area contributed by atoms with Crippen molar-refractivity contribution in [2.24, 2.45) is 11.8 Å². The van der Waals surface area contributed by atoms with Crippen LogP contribution in [0.2, 0.25) is 0 Å². The molecule has 2 atom stereocenters. The van der Waals surface area contributed by atoms with Gasteiger partial charge in [-0.2, -0.15) is 0 Å². The van der Waals surface area contributed by atoms with Crippen LogP contribution in [0.15, 0.2) is 29.6 Å². The van der Waals surface area contributed by atoms with Crippen LogP contribution in [0.25, 0.3) is 11.1 Å². The number of anilines is 1. The molecule has 3 N–H and O–H groups in total. The van der Waals surface area contributed by atoms with Gasteiger partial charge in [0, 0.05) is 17.0 Å². The first kappa shape index (κ1) is 20.6. The summed E-state index contributed by atoms with van der Waals surface area (Å²) in [5, 5.41) is 17.8. The monoisotopic (exact) mass is 426 g/mol. The van der Waals surface area contributed by atoms with Gasteiger partial charge in [0.2, 0.25) is 5.91 Å². The predicted molar refractivity (Wildman–Crippen MR) is 117 cm³/mol. The van der Waals surface area contributed by atoms with Gasteiger partial charge in [0.25, 0.3) is 5.91 Å². The maximum atomic E-state index is 13.0. The second kappa shape index (κ2) is 8.60. The molecule has 0 unspecified atom stereocenters. The lowest BCUT2D eigenvalue weighted by Crippen LogP contribution is -2.36. The molecule has 2 aromatic rings. The van der Waals surface area contributed by atoms with Crippen molar-refractivity contribution in [1.82, 2.24) is 5.32 Å². The van der Waals surface area contributed by atoms with Crippen LogP contribution in [-0.4, -0.2) is 28.9 Å². The molecule has 2 amide bonds. The Morgan fingerprint density at radius 3 is 2.30 bits per heavy atom. The molecule has 0 aliphatic heterocycles. The van der Waals surface area contributed by atoms with Crippen LogP contribution in [0, 0.1) is 18.8 Å². The van der Waals surface area contributed by atoms with Crippen molar-refractivity contribution < 1.29 is 19.5 Å². The fourth-order valence-corrected chi connectivity index (χ4v) is 5.02. The highest BCUT2D eigenvalue weighted by Gasteiger charge is 2.36. The first-order chi connectivity index (χ1) is 14.4. The zero-order chi connectivity index (χ0) is 21.3. The summed E-state index contributed by atoms with van der Waals surface area (Å²) in [7, 11) is 0. The Labute approximate surface area is 179 Å². The van der Waals surface area contributed by atoms with E-state index in [4.69, 9.17) is 0 Å². The smallest absolute Gasteiger partial charge is 0.307 e. The SMILES string of the molecule is Cc1ccc(-c2csc(NC(=O)[C@H]3CCCC[C@H]3C(=O)O)c2C(=O)NC2CC2)cc1. The Balaban J connectivity index is 1.63. The lowest BCUT2D eigenvalue weighted by atomic mass is 9.78. The summed E-state index contributed by atoms with van der Waals surface area (Å²) in [4.78, 5) is 37.6. The van der Waals surface area contributed by atoms with Crippen LogP contribution in [0.1, 0.15) is 54.4 Å². The molecule has 1 heterocycles. The average molecular weight is 427 g/mol. The Morgan fingerprint density at radius 1 is 1.00 bits per heavy atom. The fourth-order valence-electron chi connectivity index (χ4n) is 4.05. The maximum absolute atomic E-state index is 13.0. The summed E-state index contributed by atoms with van der Waals surface area (Å²) in [5.74, 6) is -2.66. The van der Waals surface area contributed by atoms with E-state index in [1.807, 2.05) is 36.6 Å². The van der Waals surface area contributed by atoms with Crippen molar-refractivity contribution in [3.8, 4) is 11.1 Å². The Morgan fingerprint density at radius 2 is 1.67 bits per heavy atom. The van der Waals surface area contributed by atoms with Crippen LogP contribution >= 0.6 is 11.3 Å². The van der Waals surface area contributed by atoms with Crippen molar-refractivity contribution in [2.45, 2.75) is 51.5 Å². The molecule has 7 heteroatoms. The Kier molecular flexibility index (Phi) is 5.90. The highest BCUT2D eigenvalue weighted by molar-refractivity contribution is 7.15. The molecule has 0 bridgehead atoms. The molecule has 30 heavy (non-hydrogen) atoms. The predicted octanol–water partition coefficient (Wildman–Crippen LogP) is 4.45. The molecule has 4 rings (SSSR count). The Hall–Kier alpha value is -2.67. The van der Waals surface area contributed by atoms with Gasteiger partial charge in [-0.1, -0.05) is 42.7 Å². The van der Waals surface area contributed by atoms with E-state index in [2.05, 4.69) is 10.6 Å². The van der Waals surface area contributed by atoms with Crippen molar-refractivity contribution in [3.05, 3.63) is 40.8 Å². The number of benzene rings is 1. The minimum Gasteiger partial charge on any atom is -0.481 e. The van der Waals surface area contributed by atoms with Gasteiger partial charge in [-0.25, -0.2) is 0 Å². The third-order valence-corrected chi connectivity index (χ3v) is 6.85. The highest BCUT2D eigenvalue weighted by atomic mass is 32.1. The third-order valence-electron chi connectivity index (χ3n) is 5.95. The van der Waals surface area contributed by atoms with Crippen LogP contribution < -0.4 is 10.6 Å². The number of rotatable bonds is 6. The van der Waals surface area contributed by atoms with Crippen molar-refractivity contribution in [1.29, 1.82) is 0 Å². The van der Waals surface area contributed by atoms with E-state index in [1.165, 1.54) is 11.3 Å². The number of nitrogens with one attached hydrogen (secondary N) is 2. The normalized spacial score (nSPS) is 21.1. The van der Waals surface area contributed by atoms with Gasteiger partial charge in [0.15, 0.2) is 0 Å². The van der Waals surface area contributed by atoms with Crippen LogP contribution in [0.5, 0.6) is 0 Å². The van der Waals surface area contributed by atoms with Crippen LogP contribution in [-0.2, 0) is 9.59 Å². The summed E-state index contributed by atoms with van der Waals surface area (Å²) in [5.41, 5.74) is 3.29. The molecule has 158 valence electrons. The van der Waals surface area contributed by atoms with Crippen molar-refractivity contribution in [3.63, 3.8) is 0 Å². The van der Waals surface area contributed by atoms with Crippen LogP contribution in [0.4, 0.5) is 5.00 Å². The molecule has 2 aliphatic rings. The summed E-state index contributed by atoms with van der Waals surface area (Å²) in [6, 6.07) is 8.12. The minimum atomic E-state index is -0.923. The number of hydrogen-bond acceptors (Lipinski definition) is 4. The molecule has 0 spiro atoms. The summed E-state index contributed by atoms with van der Waals surface area (Å²) < 4.78 is 0. The number of carbonyl (C=O) groups excluding carboxylic acids is 2. The number of hydrogen-bond donors (Lipinski definition) is 3. The molecule has 2 aliphatic carbocycles. The van der Waals surface area contributed by atoms with E-state index < -0.39 is 17.8 Å². The van der Waals surface area contributed by atoms with Gasteiger partial charge in [-0.3, -0.25) is 14.4 Å². The molecule has 2 saturated carbocycles. The molecular formula is C23H26N2O4S.